The number of benzene rings is 1. The summed E-state index contributed by atoms with van der Waals surface area (Å²) in [6, 6.07) is 7.59. The monoisotopic (exact) mass is 260 g/mol. The average Bonchev–Trinajstić information content (AvgIpc) is 2.92. The van der Waals surface area contributed by atoms with E-state index in [0.29, 0.717) is 0 Å². The van der Waals surface area contributed by atoms with E-state index in [0.717, 1.165) is 32.1 Å². The fourth-order valence-corrected chi connectivity index (χ4v) is 3.14. The Morgan fingerprint density at radius 2 is 1.95 bits per heavy atom. The molecular weight excluding hydrogens is 232 g/mol. The van der Waals surface area contributed by atoms with Crippen molar-refractivity contribution >= 4 is 0 Å². The Morgan fingerprint density at radius 1 is 1.21 bits per heavy atom. The first kappa shape index (κ1) is 14.5. The van der Waals surface area contributed by atoms with Crippen LogP contribution in [0.2, 0.25) is 0 Å². The highest BCUT2D eigenvalue weighted by Crippen LogP contribution is 2.26. The number of nitrogens with two attached hydrogens (primary N) is 1. The summed E-state index contributed by atoms with van der Waals surface area (Å²) in [6.45, 7) is 7.45. The Bertz CT molecular complexity index is 394. The second-order valence-corrected chi connectivity index (χ2v) is 5.98. The molecule has 2 nitrogen and oxygen atoms in total. The maximum atomic E-state index is 5.70. The van der Waals surface area contributed by atoms with Crippen LogP contribution >= 0.6 is 0 Å². The van der Waals surface area contributed by atoms with E-state index >= 15 is 0 Å². The van der Waals surface area contributed by atoms with Gasteiger partial charge in [-0.05, 0) is 57.3 Å². The molecule has 0 amide bonds. The molecule has 0 aliphatic heterocycles. The topological polar surface area (TPSA) is 29.3 Å². The summed E-state index contributed by atoms with van der Waals surface area (Å²) >= 11 is 0. The van der Waals surface area contributed by atoms with Crippen LogP contribution in [0.15, 0.2) is 18.2 Å². The van der Waals surface area contributed by atoms with E-state index in [4.69, 9.17) is 5.73 Å². The molecule has 2 rings (SSSR count). The molecule has 1 aromatic rings. The van der Waals surface area contributed by atoms with Crippen LogP contribution in [-0.2, 0) is 6.54 Å². The molecule has 1 saturated carbocycles. The van der Waals surface area contributed by atoms with Crippen LogP contribution in [0.25, 0.3) is 0 Å². The first-order valence-electron chi connectivity index (χ1n) is 7.71. The van der Waals surface area contributed by atoms with Gasteiger partial charge < -0.3 is 5.73 Å². The fraction of sp³-hybridized carbons (Fsp3) is 0.647. The lowest BCUT2D eigenvalue weighted by atomic mass is 10.0. The molecule has 0 saturated heterocycles. The van der Waals surface area contributed by atoms with Crippen molar-refractivity contribution in [2.24, 2.45) is 5.73 Å². The molecule has 0 atom stereocenters. The first-order valence-corrected chi connectivity index (χ1v) is 7.71. The van der Waals surface area contributed by atoms with E-state index in [2.05, 4.69) is 36.9 Å². The van der Waals surface area contributed by atoms with Crippen LogP contribution in [0, 0.1) is 13.8 Å². The third-order valence-corrected chi connectivity index (χ3v) is 4.37. The van der Waals surface area contributed by atoms with E-state index in [1.54, 1.807) is 0 Å². The van der Waals surface area contributed by atoms with Crippen LogP contribution in [0.5, 0.6) is 0 Å². The summed E-state index contributed by atoms with van der Waals surface area (Å²) < 4.78 is 0. The van der Waals surface area contributed by atoms with Crippen LogP contribution in [-0.4, -0.2) is 24.0 Å². The number of rotatable bonds is 6. The molecule has 0 spiro atoms. The lowest BCUT2D eigenvalue weighted by molar-refractivity contribution is 0.188. The molecule has 0 aromatic heterocycles. The summed E-state index contributed by atoms with van der Waals surface area (Å²) in [4.78, 5) is 2.67. The average molecular weight is 260 g/mol. The van der Waals surface area contributed by atoms with Crippen molar-refractivity contribution in [2.45, 2.75) is 58.5 Å². The van der Waals surface area contributed by atoms with Gasteiger partial charge in [-0.1, -0.05) is 36.6 Å². The van der Waals surface area contributed by atoms with Crippen molar-refractivity contribution in [1.29, 1.82) is 0 Å². The van der Waals surface area contributed by atoms with E-state index in [1.807, 2.05) is 0 Å². The molecule has 19 heavy (non-hydrogen) atoms. The molecule has 0 bridgehead atoms. The molecule has 106 valence electrons. The van der Waals surface area contributed by atoms with Gasteiger partial charge in [-0.3, -0.25) is 4.90 Å². The lowest BCUT2D eigenvalue weighted by Gasteiger charge is -2.29. The van der Waals surface area contributed by atoms with Crippen LogP contribution in [0.3, 0.4) is 0 Å². The Labute approximate surface area is 118 Å². The van der Waals surface area contributed by atoms with Gasteiger partial charge in [0.2, 0.25) is 0 Å². The van der Waals surface area contributed by atoms with Gasteiger partial charge >= 0.3 is 0 Å². The number of aryl methyl sites for hydroxylation is 2. The molecule has 1 aromatic carbocycles. The van der Waals surface area contributed by atoms with Crippen LogP contribution in [0.1, 0.15) is 48.8 Å². The van der Waals surface area contributed by atoms with E-state index < -0.39 is 0 Å². The standard InChI is InChI=1S/C17H28N2/c1-14-8-9-15(2)16(12-14)13-19(11-5-10-18)17-6-3-4-7-17/h8-9,12,17H,3-7,10-11,13,18H2,1-2H3. The molecule has 0 radical (unpaired) electrons. The Balaban J connectivity index is 2.07. The predicted octanol–water partition coefficient (Wildman–Crippen LogP) is 3.40. The van der Waals surface area contributed by atoms with Gasteiger partial charge in [0.05, 0.1) is 0 Å². The zero-order valence-electron chi connectivity index (χ0n) is 12.5. The van der Waals surface area contributed by atoms with Crippen molar-refractivity contribution in [3.05, 3.63) is 34.9 Å². The second-order valence-electron chi connectivity index (χ2n) is 5.98. The van der Waals surface area contributed by atoms with Gasteiger partial charge in [0.1, 0.15) is 0 Å². The van der Waals surface area contributed by atoms with Gasteiger partial charge in [0.15, 0.2) is 0 Å². The highest BCUT2D eigenvalue weighted by Gasteiger charge is 2.22. The zero-order chi connectivity index (χ0) is 13.7. The number of hydrogen-bond acceptors (Lipinski definition) is 2. The summed E-state index contributed by atoms with van der Waals surface area (Å²) in [7, 11) is 0. The molecule has 0 heterocycles. The molecule has 2 heteroatoms. The lowest BCUT2D eigenvalue weighted by Crippen LogP contribution is -2.34. The third-order valence-electron chi connectivity index (χ3n) is 4.37. The number of nitrogens with zero attached hydrogens (tertiary/aromatic N) is 1. The minimum atomic E-state index is 0.784. The van der Waals surface area contributed by atoms with Crippen LogP contribution in [0.4, 0.5) is 0 Å². The minimum Gasteiger partial charge on any atom is -0.330 e. The fourth-order valence-electron chi connectivity index (χ4n) is 3.14. The van der Waals surface area contributed by atoms with Crippen molar-refractivity contribution in [2.75, 3.05) is 13.1 Å². The van der Waals surface area contributed by atoms with E-state index in [1.165, 1.54) is 42.4 Å². The van der Waals surface area contributed by atoms with Gasteiger partial charge in [-0.2, -0.15) is 0 Å². The van der Waals surface area contributed by atoms with E-state index in [9.17, 15) is 0 Å². The van der Waals surface area contributed by atoms with Crippen molar-refractivity contribution in [3.8, 4) is 0 Å². The summed E-state index contributed by atoms with van der Waals surface area (Å²) in [5, 5.41) is 0. The molecule has 1 aliphatic rings. The third kappa shape index (κ3) is 4.05. The highest BCUT2D eigenvalue weighted by molar-refractivity contribution is 5.30. The Hall–Kier alpha value is -0.860. The quantitative estimate of drug-likeness (QED) is 0.849. The minimum absolute atomic E-state index is 0.784. The predicted molar refractivity (Wildman–Crippen MR) is 82.3 cm³/mol. The highest BCUT2D eigenvalue weighted by atomic mass is 15.2. The summed E-state index contributed by atoms with van der Waals surface area (Å²) in [5.74, 6) is 0. The first-order chi connectivity index (χ1) is 9.20. The normalized spacial score (nSPS) is 16.4. The van der Waals surface area contributed by atoms with Crippen molar-refractivity contribution in [3.63, 3.8) is 0 Å². The van der Waals surface area contributed by atoms with Crippen molar-refractivity contribution < 1.29 is 0 Å². The summed E-state index contributed by atoms with van der Waals surface area (Å²) in [5.41, 5.74) is 9.97. The van der Waals surface area contributed by atoms with Crippen molar-refractivity contribution in [1.82, 2.24) is 4.90 Å². The molecule has 1 aliphatic carbocycles. The maximum absolute atomic E-state index is 5.70. The smallest absolute Gasteiger partial charge is 0.0239 e. The molecule has 2 N–H and O–H groups in total. The second kappa shape index (κ2) is 7.06. The maximum Gasteiger partial charge on any atom is 0.0239 e. The van der Waals surface area contributed by atoms with Gasteiger partial charge in [-0.25, -0.2) is 0 Å². The van der Waals surface area contributed by atoms with Gasteiger partial charge in [-0.15, -0.1) is 0 Å². The Morgan fingerprint density at radius 3 is 2.63 bits per heavy atom. The molecule has 0 unspecified atom stereocenters. The zero-order valence-corrected chi connectivity index (χ0v) is 12.5. The van der Waals surface area contributed by atoms with E-state index in [-0.39, 0.29) is 0 Å². The SMILES string of the molecule is Cc1ccc(C)c(CN(CCCN)C2CCCC2)c1. The Kier molecular flexibility index (Phi) is 5.41. The molecular formula is C17H28N2. The summed E-state index contributed by atoms with van der Waals surface area (Å²) in [6.07, 6.45) is 6.65. The van der Waals surface area contributed by atoms with Gasteiger partial charge in [0, 0.05) is 12.6 Å². The molecule has 1 fully saturated rings. The van der Waals surface area contributed by atoms with Crippen LogP contribution < -0.4 is 5.73 Å². The number of hydrogen-bond donors (Lipinski definition) is 1. The van der Waals surface area contributed by atoms with Gasteiger partial charge in [0.25, 0.3) is 0 Å². The largest absolute Gasteiger partial charge is 0.330 e.